The third-order valence-electron chi connectivity index (χ3n) is 8.21. The number of Topliss-reactive ketones (excluding diaryl/α,β-unsaturated/α-hetero) is 2. The molecule has 2 N–H and O–H groups in total. The Labute approximate surface area is 218 Å². The molecule has 4 aliphatic heterocycles. The van der Waals surface area contributed by atoms with Crippen LogP contribution in [0.1, 0.15) is 113 Å². The van der Waals surface area contributed by atoms with Crippen LogP contribution in [0.15, 0.2) is 0 Å². The maximum atomic E-state index is 11.6. The SMILES string of the molecule is C.C1CNCC2(C1)CCCN2.CC.CC(=O)C1CCCN1C.CCCCC1(C(C)=O)CCCN1C. The van der Waals surface area contributed by atoms with Crippen LogP contribution in [0.3, 0.4) is 0 Å². The van der Waals surface area contributed by atoms with Crippen molar-refractivity contribution in [1.82, 2.24) is 20.4 Å². The lowest BCUT2D eigenvalue weighted by atomic mass is 9.86. The Balaban J connectivity index is 0.000000479. The topological polar surface area (TPSA) is 64.7 Å². The van der Waals surface area contributed by atoms with Crippen molar-refractivity contribution in [2.75, 3.05) is 46.8 Å². The Bertz CT molecular complexity index is 583. The van der Waals surface area contributed by atoms with Gasteiger partial charge in [-0.25, -0.2) is 0 Å². The maximum Gasteiger partial charge on any atom is 0.150 e. The number of rotatable bonds is 5. The third-order valence-corrected chi connectivity index (χ3v) is 8.21. The fourth-order valence-electron chi connectivity index (χ4n) is 6.04. The van der Waals surface area contributed by atoms with Gasteiger partial charge < -0.3 is 10.6 Å². The molecule has 0 radical (unpaired) electrons. The standard InChI is InChI=1S/C11H21NO.C8H16N2.C7H13NO.C2H6.CH4/c1-4-5-7-11(10(2)13)8-6-9-12(11)3;1-3-8(7-9-5-1)4-2-6-10-8;1-6(9)7-4-3-5-8(7)2;1-2;/h4-9H2,1-3H3;9-10H,1-7H2;7H,3-5H2,1-2H3;1-2H3;1H4. The van der Waals surface area contributed by atoms with Crippen LogP contribution >= 0.6 is 0 Å². The monoisotopic (exact) mass is 496 g/mol. The highest BCUT2D eigenvalue weighted by atomic mass is 16.1. The van der Waals surface area contributed by atoms with Crippen LogP contribution in [0.25, 0.3) is 0 Å². The number of hydrogen-bond donors (Lipinski definition) is 2. The van der Waals surface area contributed by atoms with Crippen LogP contribution in [-0.4, -0.2) is 85.3 Å². The van der Waals surface area contributed by atoms with Crippen LogP contribution in [0.4, 0.5) is 0 Å². The van der Waals surface area contributed by atoms with Gasteiger partial charge in [0, 0.05) is 12.1 Å². The lowest BCUT2D eigenvalue weighted by Crippen LogP contribution is -2.52. The van der Waals surface area contributed by atoms with Crippen molar-refractivity contribution in [2.45, 2.75) is 130 Å². The number of carbonyl (C=O) groups excluding carboxylic acids is 2. The van der Waals surface area contributed by atoms with E-state index in [2.05, 4.69) is 34.4 Å². The normalized spacial score (nSPS) is 30.2. The summed E-state index contributed by atoms with van der Waals surface area (Å²) in [5, 5.41) is 7.06. The van der Waals surface area contributed by atoms with Crippen molar-refractivity contribution in [3.63, 3.8) is 0 Å². The van der Waals surface area contributed by atoms with Crippen molar-refractivity contribution in [2.24, 2.45) is 0 Å². The number of likely N-dealkylation sites (N-methyl/N-ethyl adjacent to an activating group) is 2. The van der Waals surface area contributed by atoms with Crippen molar-refractivity contribution in [3.8, 4) is 0 Å². The third kappa shape index (κ3) is 10.2. The second kappa shape index (κ2) is 17.6. The second-order valence-corrected chi connectivity index (χ2v) is 10.6. The van der Waals surface area contributed by atoms with Crippen LogP contribution in [0.5, 0.6) is 0 Å². The summed E-state index contributed by atoms with van der Waals surface area (Å²) >= 11 is 0. The quantitative estimate of drug-likeness (QED) is 0.555. The van der Waals surface area contributed by atoms with Crippen molar-refractivity contribution in [1.29, 1.82) is 0 Å². The first-order valence-corrected chi connectivity index (χ1v) is 14.1. The number of carbonyl (C=O) groups is 2. The molecule has 4 saturated heterocycles. The molecule has 3 unspecified atom stereocenters. The molecule has 0 bridgehead atoms. The van der Waals surface area contributed by atoms with E-state index in [1.165, 1.54) is 71.0 Å². The number of nitrogens with zero attached hydrogens (tertiary/aromatic N) is 2. The van der Waals surface area contributed by atoms with E-state index in [1.807, 2.05) is 20.9 Å². The summed E-state index contributed by atoms with van der Waals surface area (Å²) in [4.78, 5) is 26.8. The Morgan fingerprint density at radius 1 is 0.943 bits per heavy atom. The van der Waals surface area contributed by atoms with Crippen LogP contribution in [0, 0.1) is 0 Å². The summed E-state index contributed by atoms with van der Waals surface area (Å²) in [7, 11) is 4.10. The summed E-state index contributed by atoms with van der Waals surface area (Å²) in [5.74, 6) is 0.677. The lowest BCUT2D eigenvalue weighted by Gasteiger charge is -2.34. The average Bonchev–Trinajstić information content (AvgIpc) is 3.56. The number of piperidine rings is 1. The van der Waals surface area contributed by atoms with E-state index in [0.29, 0.717) is 17.1 Å². The minimum atomic E-state index is -0.101. The van der Waals surface area contributed by atoms with Gasteiger partial charge in [-0.3, -0.25) is 19.4 Å². The summed E-state index contributed by atoms with van der Waals surface area (Å²) < 4.78 is 0. The molecule has 4 aliphatic rings. The highest BCUT2D eigenvalue weighted by Crippen LogP contribution is 2.33. The van der Waals surface area contributed by atoms with Crippen LogP contribution in [0.2, 0.25) is 0 Å². The first-order chi connectivity index (χ1) is 16.3. The molecule has 0 aromatic rings. The molecule has 6 heteroatoms. The number of likely N-dealkylation sites (tertiary alicyclic amines) is 2. The van der Waals surface area contributed by atoms with Gasteiger partial charge in [-0.1, -0.05) is 41.0 Å². The fourth-order valence-corrected chi connectivity index (χ4v) is 6.04. The van der Waals surface area contributed by atoms with Gasteiger partial charge in [0.25, 0.3) is 0 Å². The first kappa shape index (κ1) is 34.2. The number of unbranched alkanes of at least 4 members (excludes halogenated alkanes) is 1. The van der Waals surface area contributed by atoms with Gasteiger partial charge in [0.05, 0.1) is 11.6 Å². The zero-order chi connectivity index (χ0) is 25.6. The van der Waals surface area contributed by atoms with Crippen molar-refractivity contribution in [3.05, 3.63) is 0 Å². The van der Waals surface area contributed by atoms with Gasteiger partial charge in [-0.2, -0.15) is 0 Å². The smallest absolute Gasteiger partial charge is 0.150 e. The van der Waals surface area contributed by atoms with Crippen molar-refractivity contribution < 1.29 is 9.59 Å². The fraction of sp³-hybridized carbons (Fsp3) is 0.931. The Hall–Kier alpha value is -0.820. The van der Waals surface area contributed by atoms with E-state index in [-0.39, 0.29) is 19.0 Å². The minimum absolute atomic E-state index is 0. The molecule has 4 fully saturated rings. The van der Waals surface area contributed by atoms with Crippen LogP contribution in [-0.2, 0) is 9.59 Å². The van der Waals surface area contributed by atoms with E-state index in [1.54, 1.807) is 13.8 Å². The van der Waals surface area contributed by atoms with E-state index in [0.717, 1.165) is 32.4 Å². The van der Waals surface area contributed by atoms with E-state index in [9.17, 15) is 9.59 Å². The lowest BCUT2D eigenvalue weighted by molar-refractivity contribution is -0.127. The molecule has 4 heterocycles. The van der Waals surface area contributed by atoms with E-state index < -0.39 is 0 Å². The Morgan fingerprint density at radius 3 is 1.97 bits per heavy atom. The molecule has 0 aromatic carbocycles. The molecular weight excluding hydrogens is 436 g/mol. The molecule has 0 saturated carbocycles. The Kier molecular flexibility index (Phi) is 17.2. The summed E-state index contributed by atoms with van der Waals surface area (Å²) in [6, 6.07) is 0.227. The second-order valence-electron chi connectivity index (χ2n) is 10.6. The van der Waals surface area contributed by atoms with Crippen molar-refractivity contribution >= 4 is 11.6 Å². The first-order valence-electron chi connectivity index (χ1n) is 14.1. The zero-order valence-electron chi connectivity index (χ0n) is 23.6. The predicted molar refractivity (Wildman–Crippen MR) is 151 cm³/mol. The molecule has 0 aliphatic carbocycles. The number of hydrogen-bond acceptors (Lipinski definition) is 6. The summed E-state index contributed by atoms with van der Waals surface area (Å²) in [5.41, 5.74) is 0.411. The molecule has 3 atom stereocenters. The zero-order valence-corrected chi connectivity index (χ0v) is 23.6. The number of nitrogens with one attached hydrogen (secondary N) is 2. The molecule has 35 heavy (non-hydrogen) atoms. The van der Waals surface area contributed by atoms with E-state index in [4.69, 9.17) is 0 Å². The molecule has 1 spiro atoms. The van der Waals surface area contributed by atoms with Gasteiger partial charge in [-0.05, 0) is 112 Å². The summed E-state index contributed by atoms with van der Waals surface area (Å²) in [6.07, 6.45) is 13.4. The molecular formula is C29H60N4O2. The largest absolute Gasteiger partial charge is 0.315 e. The molecule has 6 nitrogen and oxygen atoms in total. The van der Waals surface area contributed by atoms with Crippen LogP contribution < -0.4 is 10.6 Å². The van der Waals surface area contributed by atoms with Gasteiger partial charge >= 0.3 is 0 Å². The molecule has 0 amide bonds. The molecule has 0 aromatic heterocycles. The van der Waals surface area contributed by atoms with Gasteiger partial charge in [-0.15, -0.1) is 0 Å². The average molecular weight is 497 g/mol. The summed E-state index contributed by atoms with van der Waals surface area (Å²) in [6.45, 7) is 15.4. The molecule has 208 valence electrons. The van der Waals surface area contributed by atoms with Gasteiger partial charge in [0.1, 0.15) is 11.6 Å². The van der Waals surface area contributed by atoms with E-state index >= 15 is 0 Å². The highest BCUT2D eigenvalue weighted by Gasteiger charge is 2.42. The maximum absolute atomic E-state index is 11.6. The van der Waals surface area contributed by atoms with Gasteiger partial charge in [0.2, 0.25) is 0 Å². The highest BCUT2D eigenvalue weighted by molar-refractivity contribution is 5.86. The predicted octanol–water partition coefficient (Wildman–Crippen LogP) is 5.05. The minimum Gasteiger partial charge on any atom is -0.315 e. The number of ketones is 2. The Morgan fingerprint density at radius 2 is 1.60 bits per heavy atom. The molecule has 4 rings (SSSR count). The van der Waals surface area contributed by atoms with Gasteiger partial charge in [0.15, 0.2) is 0 Å².